The quantitative estimate of drug-likeness (QED) is 0.494. The van der Waals surface area contributed by atoms with Crippen molar-refractivity contribution in [3.8, 4) is 0 Å². The van der Waals surface area contributed by atoms with E-state index < -0.39 is 5.79 Å². The number of rotatable bonds is 6. The molecular formula is C13H24O2. The highest BCUT2D eigenvalue weighted by Crippen LogP contribution is 2.31. The van der Waals surface area contributed by atoms with Gasteiger partial charge in [-0.2, -0.15) is 0 Å². The Morgan fingerprint density at radius 1 is 1.20 bits per heavy atom. The Balaban J connectivity index is 2.30. The molecule has 0 aromatic carbocycles. The zero-order chi connectivity index (χ0) is 11.3. The summed E-state index contributed by atoms with van der Waals surface area (Å²) >= 11 is 0. The number of unbranched alkanes of at least 4 members (excludes halogenated alkanes) is 3. The standard InChI is InChI=1S/C13H24O2/c1-5-7-8-9-10-12-11(6-2)14-13(3,4)15-12/h6,11-12H,2,5,7-10H2,1,3-4H3/t11-,12+/m1/s1. The van der Waals surface area contributed by atoms with Crippen LogP contribution < -0.4 is 0 Å². The predicted molar refractivity (Wildman–Crippen MR) is 62.8 cm³/mol. The predicted octanol–water partition coefficient (Wildman–Crippen LogP) is 3.66. The van der Waals surface area contributed by atoms with E-state index in [9.17, 15) is 0 Å². The molecule has 1 aliphatic rings. The number of hydrogen-bond donors (Lipinski definition) is 0. The van der Waals surface area contributed by atoms with E-state index in [0.717, 1.165) is 6.42 Å². The summed E-state index contributed by atoms with van der Waals surface area (Å²) in [6, 6.07) is 0. The molecule has 0 radical (unpaired) electrons. The highest BCUT2D eigenvalue weighted by atomic mass is 16.7. The third-order valence-electron chi connectivity index (χ3n) is 2.80. The molecule has 0 saturated carbocycles. The summed E-state index contributed by atoms with van der Waals surface area (Å²) in [6.07, 6.45) is 8.33. The Labute approximate surface area is 93.7 Å². The van der Waals surface area contributed by atoms with Crippen LogP contribution in [0.15, 0.2) is 12.7 Å². The van der Waals surface area contributed by atoms with Gasteiger partial charge in [-0.15, -0.1) is 6.58 Å². The number of ether oxygens (including phenoxy) is 2. The van der Waals surface area contributed by atoms with Crippen LogP contribution in [0.2, 0.25) is 0 Å². The highest BCUT2D eigenvalue weighted by Gasteiger charge is 2.38. The third kappa shape index (κ3) is 3.96. The first kappa shape index (κ1) is 12.7. The molecule has 2 atom stereocenters. The molecule has 15 heavy (non-hydrogen) atoms. The van der Waals surface area contributed by atoms with Crippen LogP contribution in [-0.4, -0.2) is 18.0 Å². The molecular weight excluding hydrogens is 188 g/mol. The average molecular weight is 212 g/mol. The molecule has 1 heterocycles. The lowest BCUT2D eigenvalue weighted by molar-refractivity contribution is -0.143. The van der Waals surface area contributed by atoms with E-state index in [1.807, 2.05) is 19.9 Å². The van der Waals surface area contributed by atoms with E-state index in [1.54, 1.807) is 0 Å². The Kier molecular flexibility index (Phi) is 4.81. The first-order valence-corrected chi connectivity index (χ1v) is 6.07. The monoisotopic (exact) mass is 212 g/mol. The van der Waals surface area contributed by atoms with E-state index in [-0.39, 0.29) is 12.2 Å². The normalized spacial score (nSPS) is 29.3. The molecule has 1 rings (SSSR count). The first-order valence-electron chi connectivity index (χ1n) is 6.07. The van der Waals surface area contributed by atoms with Crippen molar-refractivity contribution in [1.82, 2.24) is 0 Å². The van der Waals surface area contributed by atoms with Crippen molar-refractivity contribution in [2.75, 3.05) is 0 Å². The van der Waals surface area contributed by atoms with Crippen molar-refractivity contribution in [3.05, 3.63) is 12.7 Å². The van der Waals surface area contributed by atoms with Gasteiger partial charge in [0.15, 0.2) is 5.79 Å². The maximum Gasteiger partial charge on any atom is 0.164 e. The van der Waals surface area contributed by atoms with Gasteiger partial charge in [0.1, 0.15) is 6.10 Å². The molecule has 2 heteroatoms. The first-order chi connectivity index (χ1) is 7.09. The summed E-state index contributed by atoms with van der Waals surface area (Å²) in [6.45, 7) is 9.96. The average Bonchev–Trinajstić information content (AvgIpc) is 2.48. The van der Waals surface area contributed by atoms with Gasteiger partial charge in [-0.3, -0.25) is 0 Å². The van der Waals surface area contributed by atoms with Crippen molar-refractivity contribution in [2.45, 2.75) is 70.9 Å². The molecule has 1 saturated heterocycles. The minimum absolute atomic E-state index is 0.0710. The topological polar surface area (TPSA) is 18.5 Å². The molecule has 0 N–H and O–H groups in total. The second-order valence-electron chi connectivity index (χ2n) is 4.72. The lowest BCUT2D eigenvalue weighted by atomic mass is 10.1. The van der Waals surface area contributed by atoms with E-state index in [1.165, 1.54) is 25.7 Å². The maximum atomic E-state index is 5.84. The van der Waals surface area contributed by atoms with Crippen molar-refractivity contribution in [2.24, 2.45) is 0 Å². The molecule has 0 aromatic heterocycles. The fourth-order valence-electron chi connectivity index (χ4n) is 2.06. The van der Waals surface area contributed by atoms with Crippen molar-refractivity contribution in [1.29, 1.82) is 0 Å². The number of hydrogen-bond acceptors (Lipinski definition) is 2. The Hall–Kier alpha value is -0.340. The van der Waals surface area contributed by atoms with Gasteiger partial charge in [0, 0.05) is 0 Å². The summed E-state index contributed by atoms with van der Waals surface area (Å²) in [4.78, 5) is 0. The van der Waals surface area contributed by atoms with Gasteiger partial charge in [-0.1, -0.05) is 38.7 Å². The molecule has 0 aromatic rings. The SMILES string of the molecule is C=C[C@H]1OC(C)(C)O[C@H]1CCCCCC. The molecule has 0 bridgehead atoms. The van der Waals surface area contributed by atoms with E-state index in [2.05, 4.69) is 13.5 Å². The van der Waals surface area contributed by atoms with Gasteiger partial charge in [-0.25, -0.2) is 0 Å². The van der Waals surface area contributed by atoms with Crippen LogP contribution in [0.3, 0.4) is 0 Å². The van der Waals surface area contributed by atoms with Crippen LogP contribution in [0, 0.1) is 0 Å². The lowest BCUT2D eigenvalue weighted by Gasteiger charge is -2.16. The summed E-state index contributed by atoms with van der Waals surface area (Å²) in [7, 11) is 0. The summed E-state index contributed by atoms with van der Waals surface area (Å²) < 4.78 is 11.6. The molecule has 1 fully saturated rings. The van der Waals surface area contributed by atoms with Crippen LogP contribution in [-0.2, 0) is 9.47 Å². The van der Waals surface area contributed by atoms with Gasteiger partial charge in [0.2, 0.25) is 0 Å². The van der Waals surface area contributed by atoms with Gasteiger partial charge >= 0.3 is 0 Å². The zero-order valence-electron chi connectivity index (χ0n) is 10.3. The summed E-state index contributed by atoms with van der Waals surface area (Å²) in [5, 5.41) is 0. The lowest BCUT2D eigenvalue weighted by Crippen LogP contribution is -2.21. The second kappa shape index (κ2) is 5.66. The van der Waals surface area contributed by atoms with Crippen LogP contribution in [0.1, 0.15) is 52.9 Å². The molecule has 0 unspecified atom stereocenters. The van der Waals surface area contributed by atoms with Crippen molar-refractivity contribution in [3.63, 3.8) is 0 Å². The smallest absolute Gasteiger partial charge is 0.164 e. The van der Waals surface area contributed by atoms with Gasteiger partial charge < -0.3 is 9.47 Å². The van der Waals surface area contributed by atoms with Crippen LogP contribution in [0.25, 0.3) is 0 Å². The highest BCUT2D eigenvalue weighted by molar-refractivity contribution is 4.92. The van der Waals surface area contributed by atoms with Crippen LogP contribution >= 0.6 is 0 Å². The molecule has 0 spiro atoms. The van der Waals surface area contributed by atoms with Gasteiger partial charge in [0.25, 0.3) is 0 Å². The van der Waals surface area contributed by atoms with Crippen LogP contribution in [0.5, 0.6) is 0 Å². The minimum atomic E-state index is -0.436. The van der Waals surface area contributed by atoms with E-state index in [0.29, 0.717) is 0 Å². The molecule has 0 amide bonds. The van der Waals surface area contributed by atoms with Crippen molar-refractivity contribution >= 4 is 0 Å². The minimum Gasteiger partial charge on any atom is -0.344 e. The van der Waals surface area contributed by atoms with Gasteiger partial charge in [-0.05, 0) is 20.3 Å². The van der Waals surface area contributed by atoms with Crippen LogP contribution in [0.4, 0.5) is 0 Å². The Morgan fingerprint density at radius 3 is 2.53 bits per heavy atom. The fourth-order valence-corrected chi connectivity index (χ4v) is 2.06. The summed E-state index contributed by atoms with van der Waals surface area (Å²) in [5.41, 5.74) is 0. The Bertz CT molecular complexity index is 199. The Morgan fingerprint density at radius 2 is 1.93 bits per heavy atom. The molecule has 0 aliphatic carbocycles. The molecule has 88 valence electrons. The fraction of sp³-hybridized carbons (Fsp3) is 0.846. The molecule has 2 nitrogen and oxygen atoms in total. The van der Waals surface area contributed by atoms with E-state index >= 15 is 0 Å². The second-order valence-corrected chi connectivity index (χ2v) is 4.72. The molecule has 1 aliphatic heterocycles. The van der Waals surface area contributed by atoms with Crippen molar-refractivity contribution < 1.29 is 9.47 Å². The largest absolute Gasteiger partial charge is 0.344 e. The van der Waals surface area contributed by atoms with E-state index in [4.69, 9.17) is 9.47 Å². The zero-order valence-corrected chi connectivity index (χ0v) is 10.3. The van der Waals surface area contributed by atoms with Gasteiger partial charge in [0.05, 0.1) is 6.10 Å². The third-order valence-corrected chi connectivity index (χ3v) is 2.80. The maximum absolute atomic E-state index is 5.84. The summed E-state index contributed by atoms with van der Waals surface area (Å²) in [5.74, 6) is -0.436.